The first kappa shape index (κ1) is 15.7. The van der Waals surface area contributed by atoms with Crippen LogP contribution < -0.4 is 5.32 Å². The molecule has 1 saturated heterocycles. The molecular formula is C16H24ClFN2. The normalized spacial score (nSPS) is 19.8. The fourth-order valence-electron chi connectivity index (χ4n) is 2.71. The summed E-state index contributed by atoms with van der Waals surface area (Å²) < 4.78 is 13.5. The maximum absolute atomic E-state index is 13.5. The van der Waals surface area contributed by atoms with Gasteiger partial charge in [0.05, 0.1) is 5.02 Å². The van der Waals surface area contributed by atoms with Crippen molar-refractivity contribution < 1.29 is 4.39 Å². The highest BCUT2D eigenvalue weighted by atomic mass is 35.5. The number of benzene rings is 1. The summed E-state index contributed by atoms with van der Waals surface area (Å²) in [5.41, 5.74) is 0.871. The number of nitrogens with one attached hydrogen (secondary N) is 1. The van der Waals surface area contributed by atoms with Crippen molar-refractivity contribution in [1.29, 1.82) is 0 Å². The number of rotatable bonds is 5. The highest BCUT2D eigenvalue weighted by Crippen LogP contribution is 2.22. The topological polar surface area (TPSA) is 15.3 Å². The van der Waals surface area contributed by atoms with E-state index in [9.17, 15) is 4.39 Å². The fourth-order valence-corrected chi connectivity index (χ4v) is 2.90. The zero-order chi connectivity index (χ0) is 14.5. The Hall–Kier alpha value is -0.640. The molecule has 1 unspecified atom stereocenters. The molecule has 1 heterocycles. The van der Waals surface area contributed by atoms with Crippen LogP contribution in [0.2, 0.25) is 5.02 Å². The average molecular weight is 299 g/mol. The molecule has 0 amide bonds. The zero-order valence-electron chi connectivity index (χ0n) is 12.3. The predicted molar refractivity (Wildman–Crippen MR) is 82.6 cm³/mol. The van der Waals surface area contributed by atoms with Crippen molar-refractivity contribution in [2.75, 3.05) is 13.1 Å². The van der Waals surface area contributed by atoms with Crippen LogP contribution in [-0.4, -0.2) is 30.1 Å². The minimum atomic E-state index is -0.330. The second kappa shape index (κ2) is 7.39. The van der Waals surface area contributed by atoms with E-state index in [0.29, 0.717) is 18.6 Å². The molecule has 0 radical (unpaired) electrons. The molecule has 1 aromatic rings. The van der Waals surface area contributed by atoms with E-state index >= 15 is 0 Å². The first-order valence-electron chi connectivity index (χ1n) is 7.48. The molecule has 1 aliphatic heterocycles. The van der Waals surface area contributed by atoms with E-state index in [1.54, 1.807) is 6.07 Å². The monoisotopic (exact) mass is 298 g/mol. The van der Waals surface area contributed by atoms with Crippen molar-refractivity contribution in [2.45, 2.75) is 51.7 Å². The van der Waals surface area contributed by atoms with Crippen molar-refractivity contribution in [3.05, 3.63) is 34.6 Å². The van der Waals surface area contributed by atoms with Crippen LogP contribution in [0.4, 0.5) is 4.39 Å². The van der Waals surface area contributed by atoms with Crippen LogP contribution >= 0.6 is 11.6 Å². The Bertz CT molecular complexity index is 430. The van der Waals surface area contributed by atoms with Crippen LogP contribution in [0.15, 0.2) is 18.2 Å². The molecule has 0 aliphatic carbocycles. The van der Waals surface area contributed by atoms with E-state index in [1.807, 2.05) is 6.07 Å². The van der Waals surface area contributed by atoms with Crippen molar-refractivity contribution in [3.63, 3.8) is 0 Å². The average Bonchev–Trinajstić information content (AvgIpc) is 2.44. The van der Waals surface area contributed by atoms with Crippen molar-refractivity contribution in [1.82, 2.24) is 10.2 Å². The van der Waals surface area contributed by atoms with Gasteiger partial charge in [-0.15, -0.1) is 0 Å². The van der Waals surface area contributed by atoms with Gasteiger partial charge >= 0.3 is 0 Å². The van der Waals surface area contributed by atoms with E-state index in [-0.39, 0.29) is 10.8 Å². The van der Waals surface area contributed by atoms with Crippen molar-refractivity contribution >= 4 is 11.6 Å². The highest BCUT2D eigenvalue weighted by Gasteiger charge is 2.20. The van der Waals surface area contributed by atoms with Gasteiger partial charge in [0.2, 0.25) is 0 Å². The summed E-state index contributed by atoms with van der Waals surface area (Å²) in [6.45, 7) is 7.15. The molecule has 1 aliphatic rings. The largest absolute Gasteiger partial charge is 0.313 e. The van der Waals surface area contributed by atoms with E-state index in [4.69, 9.17) is 11.6 Å². The number of piperidine rings is 1. The van der Waals surface area contributed by atoms with Crippen molar-refractivity contribution in [2.24, 2.45) is 0 Å². The van der Waals surface area contributed by atoms with Crippen LogP contribution in [0.25, 0.3) is 0 Å². The smallest absolute Gasteiger partial charge is 0.142 e. The molecule has 0 aromatic heterocycles. The third kappa shape index (κ3) is 4.18. The summed E-state index contributed by atoms with van der Waals surface area (Å²) in [5, 5.41) is 3.83. The molecule has 1 aromatic carbocycles. The fraction of sp³-hybridized carbons (Fsp3) is 0.625. The summed E-state index contributed by atoms with van der Waals surface area (Å²) in [7, 11) is 0. The molecule has 0 saturated carbocycles. The summed E-state index contributed by atoms with van der Waals surface area (Å²) >= 11 is 6.07. The van der Waals surface area contributed by atoms with Gasteiger partial charge in [-0.1, -0.05) is 30.2 Å². The lowest BCUT2D eigenvalue weighted by atomic mass is 10.0. The van der Waals surface area contributed by atoms with Crippen LogP contribution in [0.1, 0.15) is 38.7 Å². The molecule has 4 heteroatoms. The Kier molecular flexibility index (Phi) is 5.82. The van der Waals surface area contributed by atoms with Gasteiger partial charge in [0.25, 0.3) is 0 Å². The van der Waals surface area contributed by atoms with E-state index in [0.717, 1.165) is 18.7 Å². The van der Waals surface area contributed by atoms with Crippen LogP contribution in [-0.2, 0) is 6.54 Å². The van der Waals surface area contributed by atoms with Gasteiger partial charge in [-0.25, -0.2) is 4.39 Å². The molecular weight excluding hydrogens is 275 g/mol. The Morgan fingerprint density at radius 1 is 1.40 bits per heavy atom. The van der Waals surface area contributed by atoms with Gasteiger partial charge in [-0.05, 0) is 44.9 Å². The lowest BCUT2D eigenvalue weighted by molar-refractivity contribution is 0.177. The molecule has 1 N–H and O–H groups in total. The van der Waals surface area contributed by atoms with E-state index in [2.05, 4.69) is 24.1 Å². The quantitative estimate of drug-likeness (QED) is 0.889. The van der Waals surface area contributed by atoms with E-state index in [1.165, 1.54) is 25.3 Å². The lowest BCUT2D eigenvalue weighted by Gasteiger charge is -2.33. The van der Waals surface area contributed by atoms with Gasteiger partial charge in [0.15, 0.2) is 0 Å². The molecule has 1 atom stereocenters. The predicted octanol–water partition coefficient (Wildman–Crippen LogP) is 3.83. The molecule has 0 bridgehead atoms. The molecule has 112 valence electrons. The minimum Gasteiger partial charge on any atom is -0.313 e. The van der Waals surface area contributed by atoms with Gasteiger partial charge in [0, 0.05) is 25.2 Å². The standard InChI is InChI=1S/C16H24ClFN2/c1-12(2)20(11-14-7-3-4-9-19-14)10-13-6-5-8-15(18)16(13)17/h5-6,8,12,14,19H,3-4,7,9-11H2,1-2H3. The third-order valence-corrected chi connectivity index (χ3v) is 4.43. The molecule has 2 nitrogen and oxygen atoms in total. The van der Waals surface area contributed by atoms with Crippen molar-refractivity contribution in [3.8, 4) is 0 Å². The SMILES string of the molecule is CC(C)N(Cc1cccc(F)c1Cl)CC1CCCCN1. The van der Waals surface area contributed by atoms with Gasteiger partial charge < -0.3 is 5.32 Å². The highest BCUT2D eigenvalue weighted by molar-refractivity contribution is 6.31. The summed E-state index contributed by atoms with van der Waals surface area (Å²) in [5.74, 6) is -0.330. The molecule has 20 heavy (non-hydrogen) atoms. The Labute approximate surface area is 126 Å². The Balaban J connectivity index is 2.03. The molecule has 1 fully saturated rings. The molecule has 2 rings (SSSR count). The number of halogens is 2. The summed E-state index contributed by atoms with van der Waals surface area (Å²) in [6, 6.07) is 6.01. The van der Waals surface area contributed by atoms with Crippen LogP contribution in [0.3, 0.4) is 0 Å². The number of nitrogens with zero attached hydrogens (tertiary/aromatic N) is 1. The second-order valence-electron chi connectivity index (χ2n) is 5.88. The second-order valence-corrected chi connectivity index (χ2v) is 6.26. The number of hydrogen-bond donors (Lipinski definition) is 1. The first-order valence-corrected chi connectivity index (χ1v) is 7.86. The summed E-state index contributed by atoms with van der Waals surface area (Å²) in [4.78, 5) is 2.36. The maximum atomic E-state index is 13.5. The maximum Gasteiger partial charge on any atom is 0.142 e. The molecule has 0 spiro atoms. The Morgan fingerprint density at radius 3 is 2.85 bits per heavy atom. The Morgan fingerprint density at radius 2 is 2.20 bits per heavy atom. The first-order chi connectivity index (χ1) is 9.58. The van der Waals surface area contributed by atoms with Gasteiger partial charge in [-0.2, -0.15) is 0 Å². The lowest BCUT2D eigenvalue weighted by Crippen LogP contribution is -2.45. The van der Waals surface area contributed by atoms with Gasteiger partial charge in [0.1, 0.15) is 5.82 Å². The number of hydrogen-bond acceptors (Lipinski definition) is 2. The summed E-state index contributed by atoms with van der Waals surface area (Å²) in [6.07, 6.45) is 3.79. The third-order valence-electron chi connectivity index (χ3n) is 4.00. The van der Waals surface area contributed by atoms with E-state index < -0.39 is 0 Å². The zero-order valence-corrected chi connectivity index (χ0v) is 13.1. The minimum absolute atomic E-state index is 0.259. The van der Waals surface area contributed by atoms with Crippen LogP contribution in [0, 0.1) is 5.82 Å². The van der Waals surface area contributed by atoms with Crippen LogP contribution in [0.5, 0.6) is 0 Å². The van der Waals surface area contributed by atoms with Gasteiger partial charge in [-0.3, -0.25) is 4.90 Å².